The Bertz CT molecular complexity index is 306. The van der Waals surface area contributed by atoms with Gasteiger partial charge in [-0.2, -0.15) is 0 Å². The van der Waals surface area contributed by atoms with Crippen LogP contribution < -0.4 is 5.30 Å². The average Bonchev–Trinajstić information content (AvgIpc) is 2.79. The van der Waals surface area contributed by atoms with Gasteiger partial charge < -0.3 is 0 Å². The number of hydrogen-bond acceptors (Lipinski definition) is 0. The van der Waals surface area contributed by atoms with Crippen LogP contribution in [0, 0.1) is 5.92 Å². The first kappa shape index (κ1) is 8.92. The van der Waals surface area contributed by atoms with E-state index in [1.165, 1.54) is 31.8 Å². The minimum Gasteiger partial charge on any atom is -0.0719 e. The lowest BCUT2D eigenvalue weighted by Gasteiger charge is -2.19. The smallest absolute Gasteiger partial charge is 0.0140 e. The number of fused-ring (bicyclic) bond motifs is 1. The lowest BCUT2D eigenvalue weighted by molar-refractivity contribution is 0.568. The molecule has 74 valence electrons. The zero-order chi connectivity index (χ0) is 9.38. The highest BCUT2D eigenvalue weighted by Gasteiger charge is 2.39. The Kier molecular flexibility index (Phi) is 2.33. The molecule has 0 spiro atoms. The van der Waals surface area contributed by atoms with Gasteiger partial charge in [0, 0.05) is 0 Å². The number of rotatable bonds is 1. The second kappa shape index (κ2) is 3.66. The lowest BCUT2D eigenvalue weighted by Crippen LogP contribution is -2.10. The van der Waals surface area contributed by atoms with E-state index in [1.807, 2.05) is 0 Å². The van der Waals surface area contributed by atoms with Crippen LogP contribution in [0.1, 0.15) is 25.7 Å². The van der Waals surface area contributed by atoms with Crippen LogP contribution in [-0.4, -0.2) is 11.8 Å². The SMILES string of the molecule is c1ccc(P2CCC3CCCC32)cc1. The molecule has 1 heteroatoms. The third-order valence-electron chi connectivity index (χ3n) is 3.85. The van der Waals surface area contributed by atoms with Crippen LogP contribution in [0.5, 0.6) is 0 Å². The van der Waals surface area contributed by atoms with Crippen molar-refractivity contribution in [3.8, 4) is 0 Å². The second-order valence-electron chi connectivity index (χ2n) is 4.58. The third-order valence-corrected chi connectivity index (χ3v) is 7.03. The van der Waals surface area contributed by atoms with Gasteiger partial charge in [-0.25, -0.2) is 0 Å². The van der Waals surface area contributed by atoms with Gasteiger partial charge in [0.05, 0.1) is 0 Å². The molecular formula is C13H17P. The summed E-state index contributed by atoms with van der Waals surface area (Å²) in [7, 11) is 0.219. The molecule has 3 unspecified atom stereocenters. The summed E-state index contributed by atoms with van der Waals surface area (Å²) >= 11 is 0. The molecule has 0 aromatic heterocycles. The molecule has 0 N–H and O–H groups in total. The molecule has 0 amide bonds. The summed E-state index contributed by atoms with van der Waals surface area (Å²) in [6.07, 6.45) is 7.57. The van der Waals surface area contributed by atoms with Crippen LogP contribution in [0.2, 0.25) is 0 Å². The molecule has 0 radical (unpaired) electrons. The maximum absolute atomic E-state index is 2.35. The van der Waals surface area contributed by atoms with Crippen LogP contribution in [0.15, 0.2) is 30.3 Å². The first-order valence-electron chi connectivity index (χ1n) is 5.77. The number of benzene rings is 1. The zero-order valence-corrected chi connectivity index (χ0v) is 9.42. The molecule has 1 aliphatic carbocycles. The van der Waals surface area contributed by atoms with E-state index in [9.17, 15) is 0 Å². The molecule has 1 aromatic carbocycles. The van der Waals surface area contributed by atoms with Crippen molar-refractivity contribution < 1.29 is 0 Å². The molecule has 0 nitrogen and oxygen atoms in total. The predicted octanol–water partition coefficient (Wildman–Crippen LogP) is 3.37. The Labute approximate surface area is 87.5 Å². The topological polar surface area (TPSA) is 0 Å². The zero-order valence-electron chi connectivity index (χ0n) is 8.52. The molecule has 2 fully saturated rings. The van der Waals surface area contributed by atoms with Gasteiger partial charge in [0.1, 0.15) is 0 Å². The summed E-state index contributed by atoms with van der Waals surface area (Å²) in [4.78, 5) is 0. The summed E-state index contributed by atoms with van der Waals surface area (Å²) in [5.41, 5.74) is 1.09. The van der Waals surface area contributed by atoms with Crippen molar-refractivity contribution in [1.82, 2.24) is 0 Å². The van der Waals surface area contributed by atoms with Crippen LogP contribution >= 0.6 is 7.92 Å². The van der Waals surface area contributed by atoms with Crippen molar-refractivity contribution in [2.45, 2.75) is 31.3 Å². The highest BCUT2D eigenvalue weighted by Crippen LogP contribution is 2.57. The largest absolute Gasteiger partial charge is 0.0719 e. The molecule has 3 rings (SSSR count). The fraction of sp³-hybridized carbons (Fsp3) is 0.538. The molecule has 2 aliphatic rings. The molecule has 1 aromatic rings. The van der Waals surface area contributed by atoms with Crippen molar-refractivity contribution >= 4 is 13.2 Å². The monoisotopic (exact) mass is 204 g/mol. The molecule has 1 heterocycles. The first-order chi connectivity index (χ1) is 6.95. The molecule has 1 aliphatic heterocycles. The van der Waals surface area contributed by atoms with Crippen molar-refractivity contribution in [3.05, 3.63) is 30.3 Å². The van der Waals surface area contributed by atoms with Gasteiger partial charge in [0.15, 0.2) is 0 Å². The van der Waals surface area contributed by atoms with Gasteiger partial charge in [-0.3, -0.25) is 0 Å². The van der Waals surface area contributed by atoms with Gasteiger partial charge >= 0.3 is 0 Å². The van der Waals surface area contributed by atoms with E-state index >= 15 is 0 Å². The average molecular weight is 204 g/mol. The van der Waals surface area contributed by atoms with Crippen LogP contribution in [-0.2, 0) is 0 Å². The Morgan fingerprint density at radius 3 is 2.71 bits per heavy atom. The molecular weight excluding hydrogens is 187 g/mol. The van der Waals surface area contributed by atoms with Crippen molar-refractivity contribution in [2.75, 3.05) is 6.16 Å². The Hall–Kier alpha value is -0.350. The highest BCUT2D eigenvalue weighted by atomic mass is 31.1. The van der Waals surface area contributed by atoms with Gasteiger partial charge in [-0.05, 0) is 42.3 Å². The van der Waals surface area contributed by atoms with E-state index in [2.05, 4.69) is 30.3 Å². The minimum absolute atomic E-state index is 0.219. The van der Waals surface area contributed by atoms with Crippen molar-refractivity contribution in [1.29, 1.82) is 0 Å². The fourth-order valence-electron chi connectivity index (χ4n) is 3.18. The Morgan fingerprint density at radius 2 is 1.86 bits per heavy atom. The maximum Gasteiger partial charge on any atom is -0.0140 e. The summed E-state index contributed by atoms with van der Waals surface area (Å²) < 4.78 is 0. The summed E-state index contributed by atoms with van der Waals surface area (Å²) in [6.45, 7) is 0. The number of hydrogen-bond donors (Lipinski definition) is 0. The maximum atomic E-state index is 2.35. The van der Waals surface area contributed by atoms with Gasteiger partial charge in [0.2, 0.25) is 0 Å². The second-order valence-corrected chi connectivity index (χ2v) is 7.14. The van der Waals surface area contributed by atoms with Crippen molar-refractivity contribution in [3.63, 3.8) is 0 Å². The Morgan fingerprint density at radius 1 is 1.00 bits per heavy atom. The van der Waals surface area contributed by atoms with Crippen molar-refractivity contribution in [2.24, 2.45) is 5.92 Å². The van der Waals surface area contributed by atoms with E-state index in [-0.39, 0.29) is 7.92 Å². The normalized spacial score (nSPS) is 35.9. The van der Waals surface area contributed by atoms with Gasteiger partial charge in [-0.15, -0.1) is 0 Å². The molecule has 1 saturated heterocycles. The quantitative estimate of drug-likeness (QED) is 0.615. The molecule has 0 bridgehead atoms. The minimum atomic E-state index is 0.219. The van der Waals surface area contributed by atoms with Gasteiger partial charge in [0.25, 0.3) is 0 Å². The molecule has 1 saturated carbocycles. The highest BCUT2D eigenvalue weighted by molar-refractivity contribution is 7.66. The van der Waals surface area contributed by atoms with Crippen LogP contribution in [0.4, 0.5) is 0 Å². The fourth-order valence-corrected chi connectivity index (χ4v) is 6.61. The summed E-state index contributed by atoms with van der Waals surface area (Å²) in [5, 5.41) is 1.66. The van der Waals surface area contributed by atoms with E-state index < -0.39 is 0 Å². The van der Waals surface area contributed by atoms with Gasteiger partial charge in [-0.1, -0.05) is 44.7 Å². The predicted molar refractivity (Wildman–Crippen MR) is 63.6 cm³/mol. The third kappa shape index (κ3) is 1.41. The first-order valence-corrected chi connectivity index (χ1v) is 7.36. The van der Waals surface area contributed by atoms with E-state index in [0.717, 1.165) is 11.6 Å². The van der Waals surface area contributed by atoms with Crippen LogP contribution in [0.3, 0.4) is 0 Å². The van der Waals surface area contributed by atoms with E-state index in [0.29, 0.717) is 0 Å². The van der Waals surface area contributed by atoms with E-state index in [4.69, 9.17) is 0 Å². The lowest BCUT2D eigenvalue weighted by atomic mass is 10.1. The molecule has 14 heavy (non-hydrogen) atoms. The summed E-state index contributed by atoms with van der Waals surface area (Å²) in [5.74, 6) is 1.10. The van der Waals surface area contributed by atoms with Crippen LogP contribution in [0.25, 0.3) is 0 Å². The summed E-state index contributed by atoms with van der Waals surface area (Å²) in [6, 6.07) is 11.3. The van der Waals surface area contributed by atoms with E-state index in [1.54, 1.807) is 5.30 Å². The standard InChI is InChI=1S/C13H17P/c1-2-6-12(7-3-1)14-10-9-11-5-4-8-13(11)14/h1-3,6-7,11,13H,4-5,8-10H2. The molecule has 3 atom stereocenters. The Balaban J connectivity index is 1.86.